The number of aryl methyl sites for hydroxylation is 1. The number of benzene rings is 1. The van der Waals surface area contributed by atoms with Crippen molar-refractivity contribution < 1.29 is 10.0 Å². The maximum absolute atomic E-state index is 8.61. The van der Waals surface area contributed by atoms with Crippen LogP contribution in [0.4, 0.5) is 0 Å². The molecule has 0 bridgehead atoms. The van der Waals surface area contributed by atoms with Crippen molar-refractivity contribution in [2.45, 2.75) is 6.92 Å². The summed E-state index contributed by atoms with van der Waals surface area (Å²) in [5.41, 5.74) is 7.56. The second kappa shape index (κ2) is 4.99. The minimum atomic E-state index is -0.0776. The molecule has 15 heavy (non-hydrogen) atoms. The van der Waals surface area contributed by atoms with Crippen LogP contribution in [0.15, 0.2) is 34.6 Å². The highest BCUT2D eigenvalue weighted by Gasteiger charge is 2.11. The average Bonchev–Trinajstić information content (AvgIpc) is 2.26. The van der Waals surface area contributed by atoms with E-state index in [1.165, 1.54) is 7.11 Å². The van der Waals surface area contributed by atoms with Gasteiger partial charge in [0.1, 0.15) is 7.11 Å². The van der Waals surface area contributed by atoms with E-state index in [0.717, 1.165) is 11.1 Å². The number of hydrogen-bond donors (Lipinski definition) is 2. The van der Waals surface area contributed by atoms with Crippen LogP contribution < -0.4 is 5.73 Å². The third kappa shape index (κ3) is 2.46. The molecule has 0 fully saturated rings. The van der Waals surface area contributed by atoms with Crippen molar-refractivity contribution in [2.24, 2.45) is 16.0 Å². The molecule has 0 heterocycles. The molecule has 5 heteroatoms. The minimum absolute atomic E-state index is 0.0776. The summed E-state index contributed by atoms with van der Waals surface area (Å²) in [6.07, 6.45) is 0. The predicted octanol–water partition coefficient (Wildman–Crippen LogP) is 1.09. The van der Waals surface area contributed by atoms with Crippen LogP contribution in [0, 0.1) is 6.92 Å². The zero-order valence-electron chi connectivity index (χ0n) is 8.64. The van der Waals surface area contributed by atoms with Crippen LogP contribution in [0.1, 0.15) is 11.1 Å². The Morgan fingerprint density at radius 1 is 1.40 bits per heavy atom. The Bertz CT molecular complexity index is 399. The zero-order chi connectivity index (χ0) is 11.3. The van der Waals surface area contributed by atoms with Crippen molar-refractivity contribution in [3.05, 3.63) is 35.4 Å². The lowest BCUT2D eigenvalue weighted by Crippen LogP contribution is -2.25. The highest BCUT2D eigenvalue weighted by molar-refractivity contribution is 6.47. The first kappa shape index (κ1) is 11.0. The van der Waals surface area contributed by atoms with Gasteiger partial charge >= 0.3 is 0 Å². The summed E-state index contributed by atoms with van der Waals surface area (Å²) in [4.78, 5) is 4.65. The summed E-state index contributed by atoms with van der Waals surface area (Å²) < 4.78 is 0. The van der Waals surface area contributed by atoms with Gasteiger partial charge in [-0.2, -0.15) is 0 Å². The Morgan fingerprint density at radius 3 is 2.60 bits per heavy atom. The summed E-state index contributed by atoms with van der Waals surface area (Å²) in [6, 6.07) is 7.48. The summed E-state index contributed by atoms with van der Waals surface area (Å²) in [5.74, 6) is -0.0776. The standard InChI is InChI=1S/C10H13N3O2/c1-7-5-3-4-6-8(7)9(13-15-2)10(11)12-14/h3-6,14H,1-2H3,(H2,11,12)/b13-9-. The topological polar surface area (TPSA) is 80.2 Å². The first-order valence-electron chi connectivity index (χ1n) is 4.35. The number of rotatable bonds is 3. The van der Waals surface area contributed by atoms with Crippen molar-refractivity contribution in [1.82, 2.24) is 0 Å². The van der Waals surface area contributed by atoms with Crippen LogP contribution in [-0.2, 0) is 4.84 Å². The molecular weight excluding hydrogens is 194 g/mol. The first-order chi connectivity index (χ1) is 7.20. The van der Waals surface area contributed by atoms with Crippen LogP contribution in [0.3, 0.4) is 0 Å². The van der Waals surface area contributed by atoms with E-state index in [0.29, 0.717) is 5.71 Å². The smallest absolute Gasteiger partial charge is 0.192 e. The summed E-state index contributed by atoms with van der Waals surface area (Å²) in [6.45, 7) is 1.91. The normalized spacial score (nSPS) is 12.7. The van der Waals surface area contributed by atoms with Crippen molar-refractivity contribution in [1.29, 1.82) is 0 Å². The monoisotopic (exact) mass is 207 g/mol. The number of amidine groups is 1. The highest BCUT2D eigenvalue weighted by Crippen LogP contribution is 2.09. The molecule has 1 aromatic carbocycles. The van der Waals surface area contributed by atoms with Gasteiger partial charge in [-0.25, -0.2) is 0 Å². The largest absolute Gasteiger partial charge is 0.409 e. The molecule has 0 aromatic heterocycles. The molecule has 0 spiro atoms. The molecule has 0 aliphatic rings. The quantitative estimate of drug-likeness (QED) is 0.337. The Balaban J connectivity index is 3.23. The zero-order valence-corrected chi connectivity index (χ0v) is 8.64. The van der Waals surface area contributed by atoms with E-state index < -0.39 is 0 Å². The second-order valence-electron chi connectivity index (χ2n) is 2.92. The van der Waals surface area contributed by atoms with E-state index in [1.807, 2.05) is 31.2 Å². The Labute approximate surface area is 87.8 Å². The Morgan fingerprint density at radius 2 is 2.07 bits per heavy atom. The SMILES string of the molecule is CO/N=C(\C(N)=N\O)c1ccccc1C. The minimum Gasteiger partial charge on any atom is -0.409 e. The Hall–Kier alpha value is -2.04. The molecule has 0 saturated heterocycles. The fraction of sp³-hybridized carbons (Fsp3) is 0.200. The molecule has 1 rings (SSSR count). The third-order valence-electron chi connectivity index (χ3n) is 1.93. The van der Waals surface area contributed by atoms with Crippen molar-refractivity contribution >= 4 is 11.5 Å². The molecule has 0 atom stereocenters. The number of hydrogen-bond acceptors (Lipinski definition) is 4. The van der Waals surface area contributed by atoms with Gasteiger partial charge in [0.2, 0.25) is 0 Å². The molecule has 0 radical (unpaired) electrons. The van der Waals surface area contributed by atoms with Crippen molar-refractivity contribution in [3.63, 3.8) is 0 Å². The number of nitrogens with zero attached hydrogens (tertiary/aromatic N) is 2. The van der Waals surface area contributed by atoms with E-state index in [2.05, 4.69) is 15.1 Å². The molecular formula is C10H13N3O2. The predicted molar refractivity (Wildman–Crippen MR) is 58.1 cm³/mol. The van der Waals surface area contributed by atoms with Gasteiger partial charge in [-0.3, -0.25) is 0 Å². The second-order valence-corrected chi connectivity index (χ2v) is 2.92. The van der Waals surface area contributed by atoms with E-state index in [1.54, 1.807) is 0 Å². The molecule has 0 saturated carbocycles. The summed E-state index contributed by atoms with van der Waals surface area (Å²) in [7, 11) is 1.41. The lowest BCUT2D eigenvalue weighted by atomic mass is 10.0. The van der Waals surface area contributed by atoms with E-state index in [9.17, 15) is 0 Å². The molecule has 3 N–H and O–H groups in total. The van der Waals surface area contributed by atoms with E-state index in [-0.39, 0.29) is 5.84 Å². The fourth-order valence-electron chi connectivity index (χ4n) is 1.21. The lowest BCUT2D eigenvalue weighted by molar-refractivity contribution is 0.214. The van der Waals surface area contributed by atoms with Crippen LogP contribution in [0.25, 0.3) is 0 Å². The Kier molecular flexibility index (Phi) is 3.68. The molecule has 0 aliphatic heterocycles. The average molecular weight is 207 g/mol. The van der Waals surface area contributed by atoms with Crippen LogP contribution in [0.2, 0.25) is 0 Å². The van der Waals surface area contributed by atoms with Gasteiger partial charge in [0, 0.05) is 5.56 Å². The van der Waals surface area contributed by atoms with Gasteiger partial charge in [0.25, 0.3) is 0 Å². The van der Waals surface area contributed by atoms with Gasteiger partial charge in [-0.1, -0.05) is 34.6 Å². The molecule has 0 amide bonds. The van der Waals surface area contributed by atoms with Crippen molar-refractivity contribution in [2.75, 3.05) is 7.11 Å². The number of oxime groups is 2. The van der Waals surface area contributed by atoms with Crippen LogP contribution in [0.5, 0.6) is 0 Å². The fourth-order valence-corrected chi connectivity index (χ4v) is 1.21. The van der Waals surface area contributed by atoms with Crippen LogP contribution in [-0.4, -0.2) is 23.9 Å². The maximum Gasteiger partial charge on any atom is 0.192 e. The molecule has 5 nitrogen and oxygen atoms in total. The van der Waals surface area contributed by atoms with Gasteiger partial charge in [0.15, 0.2) is 11.5 Å². The van der Waals surface area contributed by atoms with Gasteiger partial charge in [0.05, 0.1) is 0 Å². The molecule has 1 aromatic rings. The van der Waals surface area contributed by atoms with Crippen LogP contribution >= 0.6 is 0 Å². The number of nitrogens with two attached hydrogens (primary N) is 1. The van der Waals surface area contributed by atoms with E-state index >= 15 is 0 Å². The lowest BCUT2D eigenvalue weighted by Gasteiger charge is -2.06. The van der Waals surface area contributed by atoms with Gasteiger partial charge in [-0.15, -0.1) is 0 Å². The van der Waals surface area contributed by atoms with Gasteiger partial charge in [-0.05, 0) is 12.5 Å². The van der Waals surface area contributed by atoms with E-state index in [4.69, 9.17) is 10.9 Å². The third-order valence-corrected chi connectivity index (χ3v) is 1.93. The molecule has 0 unspecified atom stereocenters. The highest BCUT2D eigenvalue weighted by atomic mass is 16.6. The summed E-state index contributed by atoms with van der Waals surface area (Å²) in [5, 5.41) is 15.2. The molecule has 80 valence electrons. The van der Waals surface area contributed by atoms with Crippen molar-refractivity contribution in [3.8, 4) is 0 Å². The first-order valence-corrected chi connectivity index (χ1v) is 4.35. The molecule has 0 aliphatic carbocycles. The van der Waals surface area contributed by atoms with Gasteiger partial charge < -0.3 is 15.8 Å². The summed E-state index contributed by atoms with van der Waals surface area (Å²) >= 11 is 0. The maximum atomic E-state index is 8.61.